The van der Waals surface area contributed by atoms with Crippen molar-refractivity contribution in [2.75, 3.05) is 19.6 Å². The number of nitrogens with one attached hydrogen (secondary N) is 2. The lowest BCUT2D eigenvalue weighted by Gasteiger charge is -2.13. The molecule has 0 aliphatic carbocycles. The number of hydrogen-bond acceptors (Lipinski definition) is 4. The Morgan fingerprint density at radius 1 is 1.27 bits per heavy atom. The summed E-state index contributed by atoms with van der Waals surface area (Å²) in [7, 11) is 0. The van der Waals surface area contributed by atoms with Gasteiger partial charge in [-0.1, -0.05) is 23.4 Å². The van der Waals surface area contributed by atoms with Crippen molar-refractivity contribution in [3.05, 3.63) is 46.8 Å². The van der Waals surface area contributed by atoms with Crippen molar-refractivity contribution in [2.24, 2.45) is 4.99 Å². The summed E-state index contributed by atoms with van der Waals surface area (Å²) < 4.78 is 11.2. The molecule has 2 N–H and O–H groups in total. The van der Waals surface area contributed by atoms with E-state index in [1.807, 2.05) is 32.0 Å². The molecule has 0 bridgehead atoms. The zero-order chi connectivity index (χ0) is 17.6. The molecule has 26 heavy (non-hydrogen) atoms. The maximum atomic E-state index is 5.95. The summed E-state index contributed by atoms with van der Waals surface area (Å²) >= 11 is 0. The first-order valence-electron chi connectivity index (χ1n) is 8.86. The Bertz CT molecular complexity index is 700. The van der Waals surface area contributed by atoms with Gasteiger partial charge in [0.05, 0.1) is 12.2 Å². The van der Waals surface area contributed by atoms with Crippen molar-refractivity contribution in [2.45, 2.75) is 39.7 Å². The fraction of sp³-hybridized carbons (Fsp3) is 0.474. The van der Waals surface area contributed by atoms with Crippen LogP contribution in [-0.2, 0) is 12.8 Å². The number of nitrogens with zero attached hydrogens (tertiary/aromatic N) is 2. The number of benzene rings is 1. The van der Waals surface area contributed by atoms with Gasteiger partial charge in [0, 0.05) is 25.1 Å². The van der Waals surface area contributed by atoms with Crippen LogP contribution in [0.15, 0.2) is 33.8 Å². The quantitative estimate of drug-likeness (QED) is 0.386. The van der Waals surface area contributed by atoms with Gasteiger partial charge in [-0.3, -0.25) is 0 Å². The Kier molecular flexibility index (Phi) is 7.74. The standard InChI is InChI=1S/C19H26N4O2.HI/c1-4-20-19(21-10-9-17-13(2)23-25-14(17)3)22-12-16-11-15-7-5-6-8-18(15)24-16;/h5-8,16H,4,9-12H2,1-3H3,(H2,20,21,22);1H. The second-order valence-corrected chi connectivity index (χ2v) is 6.25. The van der Waals surface area contributed by atoms with Gasteiger partial charge in [0.1, 0.15) is 17.6 Å². The van der Waals surface area contributed by atoms with Crippen molar-refractivity contribution < 1.29 is 9.26 Å². The van der Waals surface area contributed by atoms with E-state index in [9.17, 15) is 0 Å². The van der Waals surface area contributed by atoms with Crippen LogP contribution in [0.4, 0.5) is 0 Å². The molecular weight excluding hydrogens is 443 g/mol. The molecular formula is C19H27IN4O2. The SMILES string of the molecule is CCNC(=NCC1Cc2ccccc2O1)NCCc1c(C)noc1C.I. The lowest BCUT2D eigenvalue weighted by atomic mass is 10.1. The highest BCUT2D eigenvalue weighted by atomic mass is 127. The number of fused-ring (bicyclic) bond motifs is 1. The van der Waals surface area contributed by atoms with Gasteiger partial charge in [-0.15, -0.1) is 24.0 Å². The summed E-state index contributed by atoms with van der Waals surface area (Å²) in [6, 6.07) is 8.19. The molecule has 0 spiro atoms. The van der Waals surface area contributed by atoms with Crippen LogP contribution in [0.1, 0.15) is 29.5 Å². The highest BCUT2D eigenvalue weighted by Crippen LogP contribution is 2.28. The Hall–Kier alpha value is -1.77. The summed E-state index contributed by atoms with van der Waals surface area (Å²) in [5.74, 6) is 2.69. The van der Waals surface area contributed by atoms with E-state index in [4.69, 9.17) is 9.26 Å². The zero-order valence-electron chi connectivity index (χ0n) is 15.5. The number of rotatable bonds is 6. The summed E-state index contributed by atoms with van der Waals surface area (Å²) in [4.78, 5) is 4.67. The van der Waals surface area contributed by atoms with E-state index in [1.54, 1.807) is 0 Å². The van der Waals surface area contributed by atoms with Crippen molar-refractivity contribution in [3.63, 3.8) is 0 Å². The van der Waals surface area contributed by atoms with Gasteiger partial charge >= 0.3 is 0 Å². The molecule has 142 valence electrons. The van der Waals surface area contributed by atoms with E-state index in [2.05, 4.69) is 33.8 Å². The number of hydrogen-bond donors (Lipinski definition) is 2. The molecule has 1 aromatic heterocycles. The average molecular weight is 470 g/mol. The first-order chi connectivity index (χ1) is 12.2. The second-order valence-electron chi connectivity index (χ2n) is 6.25. The summed E-state index contributed by atoms with van der Waals surface area (Å²) in [6.07, 6.45) is 1.88. The van der Waals surface area contributed by atoms with Crippen LogP contribution in [0.5, 0.6) is 5.75 Å². The fourth-order valence-electron chi connectivity index (χ4n) is 3.06. The smallest absolute Gasteiger partial charge is 0.191 e. The van der Waals surface area contributed by atoms with E-state index in [0.29, 0.717) is 6.54 Å². The molecule has 0 radical (unpaired) electrons. The fourth-order valence-corrected chi connectivity index (χ4v) is 3.06. The first kappa shape index (κ1) is 20.5. The Labute approximate surface area is 171 Å². The lowest BCUT2D eigenvalue weighted by Crippen LogP contribution is -2.39. The third kappa shape index (κ3) is 5.12. The first-order valence-corrected chi connectivity index (χ1v) is 8.86. The summed E-state index contributed by atoms with van der Waals surface area (Å²) in [5, 5.41) is 10.6. The van der Waals surface area contributed by atoms with Gasteiger partial charge in [0.15, 0.2) is 5.96 Å². The van der Waals surface area contributed by atoms with E-state index < -0.39 is 0 Å². The van der Waals surface area contributed by atoms with Crippen LogP contribution in [-0.4, -0.2) is 36.9 Å². The number of halogens is 1. The Morgan fingerprint density at radius 3 is 2.77 bits per heavy atom. The molecule has 0 saturated heterocycles. The predicted molar refractivity (Wildman–Crippen MR) is 114 cm³/mol. The van der Waals surface area contributed by atoms with E-state index >= 15 is 0 Å². The number of guanidine groups is 1. The maximum Gasteiger partial charge on any atom is 0.191 e. The lowest BCUT2D eigenvalue weighted by molar-refractivity contribution is 0.241. The molecule has 2 heterocycles. The van der Waals surface area contributed by atoms with Gasteiger partial charge < -0.3 is 19.9 Å². The molecule has 1 atom stereocenters. The van der Waals surface area contributed by atoms with E-state index in [0.717, 1.165) is 54.7 Å². The minimum Gasteiger partial charge on any atom is -0.488 e. The maximum absolute atomic E-state index is 5.95. The number of para-hydroxylation sites is 1. The van der Waals surface area contributed by atoms with Gasteiger partial charge in [-0.2, -0.15) is 0 Å². The minimum absolute atomic E-state index is 0. The molecule has 6 nitrogen and oxygen atoms in total. The van der Waals surface area contributed by atoms with Crippen LogP contribution < -0.4 is 15.4 Å². The molecule has 3 rings (SSSR count). The topological polar surface area (TPSA) is 71.7 Å². The normalized spacial score (nSPS) is 15.8. The summed E-state index contributed by atoms with van der Waals surface area (Å²) in [6.45, 7) is 8.22. The number of ether oxygens (including phenoxy) is 1. The van der Waals surface area contributed by atoms with Crippen LogP contribution >= 0.6 is 24.0 Å². The Morgan fingerprint density at radius 2 is 2.08 bits per heavy atom. The number of aromatic nitrogens is 1. The van der Waals surface area contributed by atoms with Gasteiger partial charge in [0.25, 0.3) is 0 Å². The highest BCUT2D eigenvalue weighted by molar-refractivity contribution is 14.0. The van der Waals surface area contributed by atoms with Crippen molar-refractivity contribution in [1.82, 2.24) is 15.8 Å². The van der Waals surface area contributed by atoms with E-state index in [1.165, 1.54) is 5.56 Å². The third-order valence-corrected chi connectivity index (χ3v) is 4.36. The van der Waals surface area contributed by atoms with Crippen LogP contribution in [0.25, 0.3) is 0 Å². The number of aliphatic imine (C=N–C) groups is 1. The van der Waals surface area contributed by atoms with Crippen molar-refractivity contribution in [1.29, 1.82) is 0 Å². The molecule has 2 aromatic rings. The number of aryl methyl sites for hydroxylation is 2. The Balaban J connectivity index is 0.00000243. The zero-order valence-corrected chi connectivity index (χ0v) is 17.9. The van der Waals surface area contributed by atoms with Crippen LogP contribution in [0.2, 0.25) is 0 Å². The van der Waals surface area contributed by atoms with Crippen LogP contribution in [0, 0.1) is 13.8 Å². The van der Waals surface area contributed by atoms with Gasteiger partial charge in [-0.05, 0) is 38.8 Å². The van der Waals surface area contributed by atoms with Crippen molar-refractivity contribution >= 4 is 29.9 Å². The predicted octanol–water partition coefficient (Wildman–Crippen LogP) is 3.01. The van der Waals surface area contributed by atoms with Crippen molar-refractivity contribution in [3.8, 4) is 5.75 Å². The molecule has 0 saturated carbocycles. The molecule has 1 aliphatic heterocycles. The molecule has 1 unspecified atom stereocenters. The molecule has 0 fully saturated rings. The van der Waals surface area contributed by atoms with Crippen LogP contribution in [0.3, 0.4) is 0 Å². The monoisotopic (exact) mass is 470 g/mol. The van der Waals surface area contributed by atoms with E-state index in [-0.39, 0.29) is 30.1 Å². The van der Waals surface area contributed by atoms with Gasteiger partial charge in [-0.25, -0.2) is 4.99 Å². The third-order valence-electron chi connectivity index (χ3n) is 4.36. The largest absolute Gasteiger partial charge is 0.488 e. The molecule has 7 heteroatoms. The highest BCUT2D eigenvalue weighted by Gasteiger charge is 2.21. The van der Waals surface area contributed by atoms with Gasteiger partial charge in [0.2, 0.25) is 0 Å². The minimum atomic E-state index is 0. The molecule has 1 aliphatic rings. The summed E-state index contributed by atoms with van der Waals surface area (Å²) in [5.41, 5.74) is 3.38. The molecule has 0 amide bonds. The second kappa shape index (κ2) is 9.80. The average Bonchev–Trinajstić information content (AvgIpc) is 3.16. The molecule has 1 aromatic carbocycles.